The molecule has 26 heavy (non-hydrogen) atoms. The average Bonchev–Trinajstić information content (AvgIpc) is 3.11. The second-order valence-corrected chi connectivity index (χ2v) is 7.10. The van der Waals surface area contributed by atoms with Crippen molar-refractivity contribution < 1.29 is 9.90 Å². The maximum absolute atomic E-state index is 12.5. The molecule has 0 atom stereocenters. The molecule has 1 fully saturated rings. The van der Waals surface area contributed by atoms with E-state index in [1.165, 1.54) is 21.8 Å². The topological polar surface area (TPSA) is 78.2 Å². The highest BCUT2D eigenvalue weighted by atomic mass is 32.1. The molecule has 1 aromatic carbocycles. The lowest BCUT2D eigenvalue weighted by molar-refractivity contribution is 0.0624. The molecule has 1 N–H and O–H groups in total. The number of phenolic OH excluding ortho intramolecular Hbond substituents is 1. The molecule has 8 heteroatoms. The molecule has 3 heterocycles. The number of benzene rings is 1. The minimum atomic E-state index is -0.154. The van der Waals surface area contributed by atoms with Crippen LogP contribution in [0.15, 0.2) is 46.7 Å². The Hall–Kier alpha value is -2.71. The van der Waals surface area contributed by atoms with Crippen LogP contribution in [0.25, 0.3) is 4.96 Å². The Morgan fingerprint density at radius 2 is 1.96 bits per heavy atom. The van der Waals surface area contributed by atoms with Gasteiger partial charge in [-0.3, -0.25) is 18.9 Å². The highest BCUT2D eigenvalue weighted by molar-refractivity contribution is 7.15. The zero-order chi connectivity index (χ0) is 18.1. The number of aromatic nitrogens is 2. The molecule has 1 amide bonds. The number of aromatic hydroxyl groups is 1. The second kappa shape index (κ2) is 6.89. The molecule has 3 aromatic rings. The predicted octanol–water partition coefficient (Wildman–Crippen LogP) is 1.42. The average molecular weight is 370 g/mol. The minimum absolute atomic E-state index is 0.00820. The molecule has 0 saturated carbocycles. The fourth-order valence-corrected chi connectivity index (χ4v) is 3.87. The Morgan fingerprint density at radius 3 is 2.73 bits per heavy atom. The summed E-state index contributed by atoms with van der Waals surface area (Å²) in [6.07, 6.45) is 1.72. The van der Waals surface area contributed by atoms with E-state index in [1.54, 1.807) is 35.4 Å². The molecule has 2 aromatic heterocycles. The quantitative estimate of drug-likeness (QED) is 0.754. The maximum Gasteiger partial charge on any atom is 0.258 e. The van der Waals surface area contributed by atoms with Gasteiger partial charge in [0.25, 0.3) is 11.5 Å². The summed E-state index contributed by atoms with van der Waals surface area (Å²) in [5, 5.41) is 11.7. The van der Waals surface area contributed by atoms with Crippen molar-refractivity contribution in [2.45, 2.75) is 6.54 Å². The molecule has 1 saturated heterocycles. The van der Waals surface area contributed by atoms with Crippen molar-refractivity contribution >= 4 is 22.2 Å². The van der Waals surface area contributed by atoms with Gasteiger partial charge in [-0.25, -0.2) is 4.98 Å². The third-order valence-electron chi connectivity index (χ3n) is 4.54. The Labute approximate surface area is 153 Å². The SMILES string of the molecule is O=C(c1ccccc1O)N1CCN(Cc2cc(=O)n3ccsc3n2)CC1. The van der Waals surface area contributed by atoms with Crippen molar-refractivity contribution in [2.24, 2.45) is 0 Å². The lowest BCUT2D eigenvalue weighted by atomic mass is 10.1. The Kier molecular flexibility index (Phi) is 4.44. The Morgan fingerprint density at radius 1 is 1.19 bits per heavy atom. The van der Waals surface area contributed by atoms with Crippen molar-refractivity contribution in [2.75, 3.05) is 26.2 Å². The van der Waals surface area contributed by atoms with Crippen molar-refractivity contribution in [3.8, 4) is 5.75 Å². The molecule has 0 unspecified atom stereocenters. The minimum Gasteiger partial charge on any atom is -0.507 e. The summed E-state index contributed by atoms with van der Waals surface area (Å²) in [5.41, 5.74) is 1.01. The van der Waals surface area contributed by atoms with E-state index in [9.17, 15) is 14.7 Å². The normalized spacial score (nSPS) is 15.5. The van der Waals surface area contributed by atoms with Gasteiger partial charge in [0, 0.05) is 50.4 Å². The molecule has 0 aliphatic carbocycles. The number of carbonyl (C=O) groups excluding carboxylic acids is 1. The van der Waals surface area contributed by atoms with Crippen molar-refractivity contribution in [3.63, 3.8) is 0 Å². The van der Waals surface area contributed by atoms with Gasteiger partial charge in [-0.05, 0) is 12.1 Å². The number of rotatable bonds is 3. The predicted molar refractivity (Wildman–Crippen MR) is 98.6 cm³/mol. The van der Waals surface area contributed by atoms with Gasteiger partial charge in [0.1, 0.15) is 5.75 Å². The van der Waals surface area contributed by atoms with Gasteiger partial charge >= 0.3 is 0 Å². The molecule has 1 aliphatic rings. The molecule has 7 nitrogen and oxygen atoms in total. The second-order valence-electron chi connectivity index (χ2n) is 6.23. The zero-order valence-electron chi connectivity index (χ0n) is 14.0. The van der Waals surface area contributed by atoms with Gasteiger partial charge < -0.3 is 10.0 Å². The molecule has 1 aliphatic heterocycles. The molecular formula is C18H18N4O3S. The van der Waals surface area contributed by atoms with E-state index in [4.69, 9.17) is 0 Å². The van der Waals surface area contributed by atoms with E-state index in [1.807, 2.05) is 5.38 Å². The summed E-state index contributed by atoms with van der Waals surface area (Å²) in [6.45, 7) is 3.14. The first-order chi connectivity index (χ1) is 12.6. The highest BCUT2D eigenvalue weighted by Crippen LogP contribution is 2.19. The number of fused-ring (bicyclic) bond motifs is 1. The van der Waals surface area contributed by atoms with Crippen LogP contribution in [0.4, 0.5) is 0 Å². The van der Waals surface area contributed by atoms with Crippen LogP contribution in [0.2, 0.25) is 0 Å². The molecule has 0 spiro atoms. The first-order valence-corrected chi connectivity index (χ1v) is 9.25. The highest BCUT2D eigenvalue weighted by Gasteiger charge is 2.24. The fraction of sp³-hybridized carbons (Fsp3) is 0.278. The third-order valence-corrected chi connectivity index (χ3v) is 5.29. The third kappa shape index (κ3) is 3.21. The van der Waals surface area contributed by atoms with Crippen molar-refractivity contribution in [3.05, 3.63) is 63.5 Å². The number of hydrogen-bond acceptors (Lipinski definition) is 6. The maximum atomic E-state index is 12.5. The number of phenols is 1. The number of thiazole rings is 1. The Balaban J connectivity index is 1.41. The summed E-state index contributed by atoms with van der Waals surface area (Å²) in [6, 6.07) is 8.17. The zero-order valence-corrected chi connectivity index (χ0v) is 14.9. The summed E-state index contributed by atoms with van der Waals surface area (Å²) in [7, 11) is 0. The summed E-state index contributed by atoms with van der Waals surface area (Å²) < 4.78 is 1.54. The molecule has 134 valence electrons. The van der Waals surface area contributed by atoms with Crippen LogP contribution in [-0.4, -0.2) is 56.4 Å². The van der Waals surface area contributed by atoms with Crippen LogP contribution in [0, 0.1) is 0 Å². The van der Waals surface area contributed by atoms with Crippen molar-refractivity contribution in [1.29, 1.82) is 0 Å². The van der Waals surface area contributed by atoms with Gasteiger partial charge in [0.2, 0.25) is 0 Å². The van der Waals surface area contributed by atoms with Crippen LogP contribution in [0.5, 0.6) is 5.75 Å². The largest absolute Gasteiger partial charge is 0.507 e. The standard InChI is InChI=1S/C18H18N4O3S/c23-15-4-2-1-3-14(15)17(25)21-7-5-20(6-8-21)12-13-11-16(24)22-9-10-26-18(22)19-13/h1-4,9-11,23H,5-8,12H2. The van der Waals surface area contributed by atoms with Gasteiger partial charge in [-0.15, -0.1) is 11.3 Å². The lowest BCUT2D eigenvalue weighted by Gasteiger charge is -2.34. The van der Waals surface area contributed by atoms with Crippen LogP contribution >= 0.6 is 11.3 Å². The smallest absolute Gasteiger partial charge is 0.258 e. The van der Waals surface area contributed by atoms with E-state index < -0.39 is 0 Å². The van der Waals surface area contributed by atoms with E-state index in [-0.39, 0.29) is 17.2 Å². The molecule has 4 rings (SSSR count). The van der Waals surface area contributed by atoms with Crippen LogP contribution in [0.1, 0.15) is 16.1 Å². The van der Waals surface area contributed by atoms with E-state index in [2.05, 4.69) is 9.88 Å². The first kappa shape index (κ1) is 16.7. The monoisotopic (exact) mass is 370 g/mol. The number of amides is 1. The number of para-hydroxylation sites is 1. The van der Waals surface area contributed by atoms with E-state index >= 15 is 0 Å². The molecular weight excluding hydrogens is 352 g/mol. The van der Waals surface area contributed by atoms with Gasteiger partial charge in [0.05, 0.1) is 11.3 Å². The van der Waals surface area contributed by atoms with Gasteiger partial charge in [0.15, 0.2) is 4.96 Å². The Bertz CT molecular complexity index is 1000. The number of hydrogen-bond donors (Lipinski definition) is 1. The molecule has 0 bridgehead atoms. The lowest BCUT2D eigenvalue weighted by Crippen LogP contribution is -2.48. The van der Waals surface area contributed by atoms with Crippen LogP contribution in [-0.2, 0) is 6.54 Å². The fourth-order valence-electron chi connectivity index (χ4n) is 3.13. The summed E-state index contributed by atoms with van der Waals surface area (Å²) >= 11 is 1.44. The van der Waals surface area contributed by atoms with E-state index in [0.717, 1.165) is 5.69 Å². The van der Waals surface area contributed by atoms with Crippen LogP contribution < -0.4 is 5.56 Å². The number of nitrogens with zero attached hydrogens (tertiary/aromatic N) is 4. The van der Waals surface area contributed by atoms with Crippen molar-refractivity contribution in [1.82, 2.24) is 19.2 Å². The van der Waals surface area contributed by atoms with E-state index in [0.29, 0.717) is 43.2 Å². The molecule has 0 radical (unpaired) electrons. The number of piperazine rings is 1. The van der Waals surface area contributed by atoms with Gasteiger partial charge in [-0.2, -0.15) is 0 Å². The first-order valence-electron chi connectivity index (χ1n) is 8.37. The van der Waals surface area contributed by atoms with Crippen LogP contribution in [0.3, 0.4) is 0 Å². The number of carbonyl (C=O) groups is 1. The summed E-state index contributed by atoms with van der Waals surface area (Å²) in [4.78, 5) is 33.8. The summed E-state index contributed by atoms with van der Waals surface area (Å²) in [5.74, 6) is -0.145. The van der Waals surface area contributed by atoms with Gasteiger partial charge in [-0.1, -0.05) is 12.1 Å².